The van der Waals surface area contributed by atoms with Gasteiger partial charge in [0.05, 0.1) is 6.20 Å². The van der Waals surface area contributed by atoms with Crippen molar-refractivity contribution < 1.29 is 14.3 Å². The monoisotopic (exact) mass is 471 g/mol. The van der Waals surface area contributed by atoms with Crippen LogP contribution < -0.4 is 17.0 Å². The summed E-state index contributed by atoms with van der Waals surface area (Å²) < 4.78 is 8.83. The second-order valence-electron chi connectivity index (χ2n) is 7.71. The molecule has 1 aromatic carbocycles. The van der Waals surface area contributed by atoms with Crippen LogP contribution in [0.4, 0.5) is 5.82 Å². The number of imidazole rings is 1. The third kappa shape index (κ3) is 4.77. The molecule has 3 rings (SSSR count). The number of benzene rings is 1. The summed E-state index contributed by atoms with van der Waals surface area (Å²) in [5.74, 6) is -1.77. The number of hydrogen-bond donors (Lipinski definition) is 1. The first-order chi connectivity index (χ1) is 15.7. The topological polar surface area (TPSA) is 131 Å². The van der Waals surface area contributed by atoms with E-state index in [9.17, 15) is 19.2 Å². The third-order valence-electron chi connectivity index (χ3n) is 4.88. The van der Waals surface area contributed by atoms with Crippen LogP contribution >= 0.6 is 11.8 Å². The number of carbonyl (C=O) groups is 2. The molecule has 2 aromatic heterocycles. The number of esters is 1. The van der Waals surface area contributed by atoms with Crippen LogP contribution in [0.3, 0.4) is 0 Å². The minimum absolute atomic E-state index is 0.0483. The Morgan fingerprint density at radius 3 is 2.45 bits per heavy atom. The number of anilines is 1. The Balaban J connectivity index is 1.89. The zero-order valence-corrected chi connectivity index (χ0v) is 19.6. The van der Waals surface area contributed by atoms with Crippen LogP contribution in [0.15, 0.2) is 51.3 Å². The van der Waals surface area contributed by atoms with E-state index in [-0.39, 0.29) is 29.5 Å². The number of ether oxygens (including phenoxy) is 1. The van der Waals surface area contributed by atoms with E-state index in [2.05, 4.69) is 4.98 Å². The molecule has 11 heteroatoms. The molecule has 0 fully saturated rings. The van der Waals surface area contributed by atoms with Crippen LogP contribution in [0, 0.1) is 5.92 Å². The van der Waals surface area contributed by atoms with Crippen LogP contribution in [0.25, 0.3) is 5.69 Å². The summed E-state index contributed by atoms with van der Waals surface area (Å²) in [7, 11) is 1.27. The lowest BCUT2D eigenvalue weighted by Crippen LogP contribution is -2.43. The number of carbonyl (C=O) groups excluding carboxylic acids is 2. The quantitative estimate of drug-likeness (QED) is 0.299. The van der Waals surface area contributed by atoms with Crippen molar-refractivity contribution in [2.75, 3.05) is 18.6 Å². The molecule has 174 valence electrons. The maximum absolute atomic E-state index is 12.8. The van der Waals surface area contributed by atoms with E-state index in [1.54, 1.807) is 4.57 Å². The van der Waals surface area contributed by atoms with E-state index in [0.717, 1.165) is 4.57 Å². The molecule has 0 radical (unpaired) electrons. The molecular weight excluding hydrogens is 446 g/mol. The summed E-state index contributed by atoms with van der Waals surface area (Å²) in [4.78, 5) is 54.8. The van der Waals surface area contributed by atoms with E-state index in [1.807, 2.05) is 50.4 Å². The van der Waals surface area contributed by atoms with Crippen molar-refractivity contribution in [2.24, 2.45) is 13.0 Å². The Morgan fingerprint density at radius 1 is 1.18 bits per heavy atom. The largest absolute Gasteiger partial charge is 0.453 e. The molecule has 33 heavy (non-hydrogen) atoms. The van der Waals surface area contributed by atoms with E-state index in [0.29, 0.717) is 10.8 Å². The highest BCUT2D eigenvalue weighted by atomic mass is 32.2. The summed E-state index contributed by atoms with van der Waals surface area (Å²) in [6.45, 7) is 3.26. The zero-order chi connectivity index (χ0) is 24.3. The Hall–Kier alpha value is -3.60. The van der Waals surface area contributed by atoms with E-state index >= 15 is 0 Å². The Morgan fingerprint density at radius 2 is 1.85 bits per heavy atom. The number of thioether (sulfide) groups is 1. The molecule has 0 aliphatic rings. The minimum Gasteiger partial charge on any atom is -0.453 e. The smallest absolute Gasteiger partial charge is 0.357 e. The van der Waals surface area contributed by atoms with Crippen molar-refractivity contribution in [1.29, 1.82) is 0 Å². The summed E-state index contributed by atoms with van der Waals surface area (Å²) in [6.07, 6.45) is 3.19. The molecule has 0 amide bonds. The number of Topliss-reactive ketones (excluding diaryl/α,β-unsaturated/α-hetero) is 1. The van der Waals surface area contributed by atoms with Crippen LogP contribution in [-0.4, -0.2) is 43.3 Å². The number of rotatable bonds is 8. The predicted octanol–water partition coefficient (Wildman–Crippen LogP) is 1.73. The van der Waals surface area contributed by atoms with Crippen molar-refractivity contribution in [3.05, 3.63) is 68.6 Å². The van der Waals surface area contributed by atoms with Gasteiger partial charge in [0.15, 0.2) is 17.5 Å². The second-order valence-corrected chi connectivity index (χ2v) is 8.49. The lowest BCUT2D eigenvalue weighted by Gasteiger charge is -2.16. The van der Waals surface area contributed by atoms with Crippen LogP contribution in [0.5, 0.6) is 0 Å². The predicted molar refractivity (Wildman–Crippen MR) is 125 cm³/mol. The molecule has 0 saturated carbocycles. The molecule has 0 spiro atoms. The van der Waals surface area contributed by atoms with Gasteiger partial charge < -0.3 is 10.5 Å². The maximum atomic E-state index is 12.8. The fraction of sp³-hybridized carbons (Fsp3) is 0.318. The van der Waals surface area contributed by atoms with Gasteiger partial charge in [-0.1, -0.05) is 43.8 Å². The number of nitrogens with zero attached hydrogens (tertiary/aromatic N) is 4. The van der Waals surface area contributed by atoms with Crippen LogP contribution in [-0.2, 0) is 18.3 Å². The SMILES string of the molecule is CSc1ncc(C(=O)OCC(=O)c2c(N)n(CC(C)C)c(=O)n(C)c2=O)n1-c1ccccc1. The standard InChI is InChI=1S/C22H25N5O5S/c1-13(2)11-26-18(23)17(19(29)25(3)22(26)31)16(28)12-32-20(30)15-10-24-21(33-4)27(15)14-8-6-5-7-9-14/h5-10,13H,11-12,23H2,1-4H3. The molecule has 0 aliphatic heterocycles. The molecule has 2 N–H and O–H groups in total. The number of hydrogen-bond acceptors (Lipinski definition) is 8. The van der Waals surface area contributed by atoms with Gasteiger partial charge in [-0.05, 0) is 24.3 Å². The molecule has 0 aliphatic carbocycles. The number of nitrogen functional groups attached to an aromatic ring is 1. The highest BCUT2D eigenvalue weighted by Crippen LogP contribution is 2.22. The Bertz CT molecular complexity index is 1310. The maximum Gasteiger partial charge on any atom is 0.357 e. The average Bonchev–Trinajstić information content (AvgIpc) is 3.24. The summed E-state index contributed by atoms with van der Waals surface area (Å²) in [5.41, 5.74) is 5.01. The minimum atomic E-state index is -0.836. The first kappa shape index (κ1) is 24.1. The number of aromatic nitrogens is 4. The zero-order valence-electron chi connectivity index (χ0n) is 18.8. The lowest BCUT2D eigenvalue weighted by atomic mass is 10.1. The molecule has 0 atom stereocenters. The van der Waals surface area contributed by atoms with Crippen LogP contribution in [0.2, 0.25) is 0 Å². The summed E-state index contributed by atoms with van der Waals surface area (Å²) in [6, 6.07) is 9.11. The fourth-order valence-electron chi connectivity index (χ4n) is 3.31. The van der Waals surface area contributed by atoms with Gasteiger partial charge in [0.25, 0.3) is 5.56 Å². The van der Waals surface area contributed by atoms with Gasteiger partial charge in [0.2, 0.25) is 5.78 Å². The third-order valence-corrected chi connectivity index (χ3v) is 5.53. The van der Waals surface area contributed by atoms with E-state index < -0.39 is 29.6 Å². The normalized spacial score (nSPS) is 11.1. The molecule has 2 heterocycles. The summed E-state index contributed by atoms with van der Waals surface area (Å²) >= 11 is 1.35. The number of para-hydroxylation sites is 1. The summed E-state index contributed by atoms with van der Waals surface area (Å²) in [5, 5.41) is 0.568. The van der Waals surface area contributed by atoms with E-state index in [4.69, 9.17) is 10.5 Å². The second kappa shape index (κ2) is 9.90. The van der Waals surface area contributed by atoms with Gasteiger partial charge in [0.1, 0.15) is 11.4 Å². The van der Waals surface area contributed by atoms with E-state index in [1.165, 1.54) is 29.6 Å². The van der Waals surface area contributed by atoms with Gasteiger partial charge >= 0.3 is 11.7 Å². The molecule has 0 bridgehead atoms. The van der Waals surface area contributed by atoms with Gasteiger partial charge in [0, 0.05) is 19.3 Å². The average molecular weight is 472 g/mol. The van der Waals surface area contributed by atoms with Crippen molar-refractivity contribution in [2.45, 2.75) is 25.5 Å². The molecule has 0 unspecified atom stereocenters. The first-order valence-corrected chi connectivity index (χ1v) is 11.4. The van der Waals surface area contributed by atoms with Crippen LogP contribution in [0.1, 0.15) is 34.7 Å². The van der Waals surface area contributed by atoms with Crippen molar-refractivity contribution >= 4 is 29.3 Å². The molecule has 10 nitrogen and oxygen atoms in total. The van der Waals surface area contributed by atoms with Gasteiger partial charge in [-0.3, -0.25) is 23.3 Å². The number of ketones is 1. The highest BCUT2D eigenvalue weighted by molar-refractivity contribution is 7.98. The Kier molecular flexibility index (Phi) is 7.22. The van der Waals surface area contributed by atoms with Gasteiger partial charge in [-0.25, -0.2) is 14.6 Å². The molecule has 3 aromatic rings. The van der Waals surface area contributed by atoms with Gasteiger partial charge in [-0.15, -0.1) is 0 Å². The molecular formula is C22H25N5O5S. The fourth-order valence-corrected chi connectivity index (χ4v) is 3.86. The highest BCUT2D eigenvalue weighted by Gasteiger charge is 2.25. The van der Waals surface area contributed by atoms with Crippen molar-refractivity contribution in [1.82, 2.24) is 18.7 Å². The number of nitrogens with two attached hydrogens (primary N) is 1. The molecule has 0 saturated heterocycles. The van der Waals surface area contributed by atoms with Gasteiger partial charge in [-0.2, -0.15) is 0 Å². The van der Waals surface area contributed by atoms with Crippen molar-refractivity contribution in [3.8, 4) is 5.69 Å². The van der Waals surface area contributed by atoms with Crippen molar-refractivity contribution in [3.63, 3.8) is 0 Å². The lowest BCUT2D eigenvalue weighted by molar-refractivity contribution is 0.0465. The Labute approximate surface area is 194 Å². The first-order valence-electron chi connectivity index (χ1n) is 10.1.